The van der Waals surface area contributed by atoms with Gasteiger partial charge in [0, 0.05) is 18.7 Å². The van der Waals surface area contributed by atoms with Crippen LogP contribution in [0.25, 0.3) is 11.5 Å². The lowest BCUT2D eigenvalue weighted by Gasteiger charge is -2.19. The van der Waals surface area contributed by atoms with E-state index in [1.54, 1.807) is 13.0 Å². The second-order valence-electron chi connectivity index (χ2n) is 7.54. The Morgan fingerprint density at radius 3 is 2.29 bits per heavy atom. The lowest BCUT2D eigenvalue weighted by Crippen LogP contribution is -2.31. The summed E-state index contributed by atoms with van der Waals surface area (Å²) in [6.45, 7) is 4.65. The van der Waals surface area contributed by atoms with E-state index in [-0.39, 0.29) is 22.4 Å². The van der Waals surface area contributed by atoms with Crippen LogP contribution >= 0.6 is 0 Å². The molecule has 0 unspecified atom stereocenters. The topological polar surface area (TPSA) is 119 Å². The second-order valence-corrected chi connectivity index (χ2v) is 9.47. The van der Waals surface area contributed by atoms with Gasteiger partial charge in [-0.1, -0.05) is 17.9 Å². The molecule has 0 saturated carbocycles. The number of sulfonamides is 1. The Bertz CT molecular complexity index is 1170. The van der Waals surface area contributed by atoms with Crippen molar-refractivity contribution in [3.05, 3.63) is 47.4 Å². The van der Waals surface area contributed by atoms with Gasteiger partial charge in [0.25, 0.3) is 11.8 Å². The molecule has 2 aromatic heterocycles. The van der Waals surface area contributed by atoms with Crippen LogP contribution in [0, 0.1) is 13.8 Å². The molecule has 1 fully saturated rings. The van der Waals surface area contributed by atoms with E-state index in [1.165, 1.54) is 28.6 Å². The van der Waals surface area contributed by atoms with E-state index < -0.39 is 15.9 Å². The first-order valence-corrected chi connectivity index (χ1v) is 11.6. The molecule has 1 aliphatic heterocycles. The van der Waals surface area contributed by atoms with E-state index in [1.807, 2.05) is 6.92 Å². The van der Waals surface area contributed by atoms with Crippen molar-refractivity contribution in [2.45, 2.75) is 44.4 Å². The van der Waals surface area contributed by atoms with Crippen LogP contribution in [0.1, 0.15) is 47.6 Å². The SMILES string of the molecule is Cc1cc(-c2nnc(NC(=O)c3ccc(S(=O)(=O)N4CCCCCC4)cc3)o2)c(C)o1. The number of nitrogens with one attached hydrogen (secondary N) is 1. The van der Waals surface area contributed by atoms with Crippen LogP contribution < -0.4 is 5.32 Å². The van der Waals surface area contributed by atoms with Crippen molar-refractivity contribution >= 4 is 21.9 Å². The van der Waals surface area contributed by atoms with Crippen LogP contribution in [0.5, 0.6) is 0 Å². The summed E-state index contributed by atoms with van der Waals surface area (Å²) >= 11 is 0. The van der Waals surface area contributed by atoms with Gasteiger partial charge in [-0.05, 0) is 57.0 Å². The molecule has 0 radical (unpaired) electrons. The first-order valence-electron chi connectivity index (χ1n) is 10.2. The molecule has 1 N–H and O–H groups in total. The van der Waals surface area contributed by atoms with Crippen molar-refractivity contribution in [1.82, 2.24) is 14.5 Å². The van der Waals surface area contributed by atoms with Crippen molar-refractivity contribution < 1.29 is 22.0 Å². The highest BCUT2D eigenvalue weighted by Crippen LogP contribution is 2.27. The number of hydrogen-bond donors (Lipinski definition) is 1. The van der Waals surface area contributed by atoms with Gasteiger partial charge in [0.2, 0.25) is 10.0 Å². The number of rotatable bonds is 5. The predicted octanol–water partition coefficient (Wildman–Crippen LogP) is 3.76. The molecule has 1 saturated heterocycles. The van der Waals surface area contributed by atoms with E-state index in [4.69, 9.17) is 8.83 Å². The third kappa shape index (κ3) is 4.54. The Kier molecular flexibility index (Phi) is 5.92. The Balaban J connectivity index is 1.46. The fraction of sp³-hybridized carbons (Fsp3) is 0.381. The summed E-state index contributed by atoms with van der Waals surface area (Å²) in [5.41, 5.74) is 0.943. The molecule has 0 aliphatic carbocycles. The van der Waals surface area contributed by atoms with Gasteiger partial charge in [-0.2, -0.15) is 4.31 Å². The number of amides is 1. The number of nitrogens with zero attached hydrogens (tertiary/aromatic N) is 3. The molecular weight excluding hydrogens is 420 g/mol. The Hall–Kier alpha value is -2.98. The zero-order valence-electron chi connectivity index (χ0n) is 17.4. The monoisotopic (exact) mass is 444 g/mol. The minimum absolute atomic E-state index is 0.0560. The van der Waals surface area contributed by atoms with Crippen LogP contribution in [0.3, 0.4) is 0 Å². The maximum atomic E-state index is 12.9. The van der Waals surface area contributed by atoms with Crippen LogP contribution in [0.4, 0.5) is 6.01 Å². The molecule has 3 heterocycles. The minimum Gasteiger partial charge on any atom is -0.466 e. The highest BCUT2D eigenvalue weighted by atomic mass is 32.2. The molecule has 3 aromatic rings. The van der Waals surface area contributed by atoms with Gasteiger partial charge in [0.05, 0.1) is 10.5 Å². The molecule has 1 aromatic carbocycles. The smallest absolute Gasteiger partial charge is 0.322 e. The summed E-state index contributed by atoms with van der Waals surface area (Å²) in [4.78, 5) is 12.7. The van der Waals surface area contributed by atoms with E-state index in [0.717, 1.165) is 25.7 Å². The molecule has 164 valence electrons. The first-order chi connectivity index (χ1) is 14.8. The highest BCUT2D eigenvalue weighted by Gasteiger charge is 2.25. The van der Waals surface area contributed by atoms with E-state index in [2.05, 4.69) is 15.5 Å². The number of aromatic nitrogens is 2. The summed E-state index contributed by atoms with van der Waals surface area (Å²) in [7, 11) is -3.56. The second kappa shape index (κ2) is 8.64. The molecule has 1 aliphatic rings. The van der Waals surface area contributed by atoms with Gasteiger partial charge in [0.1, 0.15) is 11.5 Å². The maximum Gasteiger partial charge on any atom is 0.322 e. The lowest BCUT2D eigenvalue weighted by molar-refractivity contribution is 0.102. The van der Waals surface area contributed by atoms with Gasteiger partial charge in [-0.3, -0.25) is 10.1 Å². The van der Waals surface area contributed by atoms with Gasteiger partial charge < -0.3 is 8.83 Å². The Morgan fingerprint density at radius 1 is 1.00 bits per heavy atom. The molecule has 0 bridgehead atoms. The number of hydrogen-bond acceptors (Lipinski definition) is 7. The average Bonchev–Trinajstić information content (AvgIpc) is 3.21. The molecule has 0 spiro atoms. The van der Waals surface area contributed by atoms with Gasteiger partial charge in [-0.25, -0.2) is 8.42 Å². The molecule has 1 amide bonds. The Labute approximate surface area is 180 Å². The quantitative estimate of drug-likeness (QED) is 0.636. The standard InChI is InChI=1S/C21H24N4O5S/c1-14-13-18(15(2)29-14)20-23-24-21(30-20)22-19(26)16-7-9-17(10-8-16)31(27,28)25-11-5-3-4-6-12-25/h7-10,13H,3-6,11-12H2,1-2H3,(H,22,24,26). The summed E-state index contributed by atoms with van der Waals surface area (Å²) in [6, 6.07) is 7.57. The van der Waals surface area contributed by atoms with Crippen molar-refractivity contribution in [1.29, 1.82) is 0 Å². The van der Waals surface area contributed by atoms with E-state index >= 15 is 0 Å². The molecule has 4 rings (SSSR count). The normalized spacial score (nSPS) is 15.5. The van der Waals surface area contributed by atoms with Crippen molar-refractivity contribution in [3.63, 3.8) is 0 Å². The summed E-state index contributed by atoms with van der Waals surface area (Å²) in [6.07, 6.45) is 3.82. The van der Waals surface area contributed by atoms with Gasteiger partial charge >= 0.3 is 6.01 Å². The first kappa shape index (κ1) is 21.3. The van der Waals surface area contributed by atoms with Crippen LogP contribution in [0.15, 0.2) is 44.1 Å². The van der Waals surface area contributed by atoms with Crippen LogP contribution in [-0.4, -0.2) is 41.9 Å². The number of carbonyl (C=O) groups excluding carboxylic acids is 1. The van der Waals surface area contributed by atoms with Crippen LogP contribution in [0.2, 0.25) is 0 Å². The number of aryl methyl sites for hydroxylation is 2. The molecule has 10 heteroatoms. The van der Waals surface area contributed by atoms with Crippen LogP contribution in [-0.2, 0) is 10.0 Å². The van der Waals surface area contributed by atoms with Gasteiger partial charge in [0.15, 0.2) is 0 Å². The number of anilines is 1. The third-order valence-corrected chi connectivity index (χ3v) is 7.15. The minimum atomic E-state index is -3.56. The van der Waals surface area contributed by atoms with Crippen molar-refractivity contribution in [3.8, 4) is 11.5 Å². The average molecular weight is 445 g/mol. The van der Waals surface area contributed by atoms with Crippen molar-refractivity contribution in [2.75, 3.05) is 18.4 Å². The van der Waals surface area contributed by atoms with Crippen molar-refractivity contribution in [2.24, 2.45) is 0 Å². The molecule has 31 heavy (non-hydrogen) atoms. The molecule has 0 atom stereocenters. The van der Waals surface area contributed by atoms with E-state index in [0.29, 0.717) is 30.2 Å². The summed E-state index contributed by atoms with van der Waals surface area (Å²) < 4.78 is 38.2. The lowest BCUT2D eigenvalue weighted by atomic mass is 10.2. The number of furan rings is 1. The fourth-order valence-electron chi connectivity index (χ4n) is 3.60. The number of benzene rings is 1. The fourth-order valence-corrected chi connectivity index (χ4v) is 5.12. The largest absolute Gasteiger partial charge is 0.466 e. The maximum absolute atomic E-state index is 12.9. The molecular formula is C21H24N4O5S. The summed E-state index contributed by atoms with van der Waals surface area (Å²) in [5, 5.41) is 10.3. The summed E-state index contributed by atoms with van der Waals surface area (Å²) in [5.74, 6) is 1.12. The highest BCUT2D eigenvalue weighted by molar-refractivity contribution is 7.89. The molecule has 9 nitrogen and oxygen atoms in total. The third-order valence-electron chi connectivity index (χ3n) is 5.24. The van der Waals surface area contributed by atoms with E-state index in [9.17, 15) is 13.2 Å². The number of carbonyl (C=O) groups is 1. The zero-order valence-corrected chi connectivity index (χ0v) is 18.2. The predicted molar refractivity (Wildman–Crippen MR) is 113 cm³/mol. The van der Waals surface area contributed by atoms with Gasteiger partial charge in [-0.15, -0.1) is 5.10 Å². The zero-order chi connectivity index (χ0) is 22.0. The Morgan fingerprint density at radius 2 is 1.68 bits per heavy atom.